The molecule has 0 fully saturated rings. The van der Waals surface area contributed by atoms with Crippen molar-refractivity contribution in [1.29, 1.82) is 0 Å². The van der Waals surface area contributed by atoms with E-state index in [-0.39, 0.29) is 5.91 Å². The van der Waals surface area contributed by atoms with E-state index in [2.05, 4.69) is 51.8 Å². The second kappa shape index (κ2) is 6.57. The average molecular weight is 360 g/mol. The Hall–Kier alpha value is -1.26. The van der Waals surface area contributed by atoms with Crippen molar-refractivity contribution in [3.8, 4) is 10.4 Å². The quantitative estimate of drug-likeness (QED) is 0.724. The molecule has 24 heavy (non-hydrogen) atoms. The van der Waals surface area contributed by atoms with Crippen molar-refractivity contribution in [3.63, 3.8) is 0 Å². The minimum atomic E-state index is -0.0305. The SMILES string of the molecule is CC(=O)N(S)Cc1ccccc1-c1sc2c(c1C)CC(C)(C)CC2. The van der Waals surface area contributed by atoms with E-state index in [0.29, 0.717) is 12.0 Å². The summed E-state index contributed by atoms with van der Waals surface area (Å²) in [6.07, 6.45) is 3.61. The lowest BCUT2D eigenvalue weighted by Crippen LogP contribution is -2.21. The molecule has 2 aromatic rings. The molecular formula is C20H25NOS2. The van der Waals surface area contributed by atoms with Crippen LogP contribution < -0.4 is 0 Å². The Morgan fingerprint density at radius 2 is 2.04 bits per heavy atom. The van der Waals surface area contributed by atoms with Gasteiger partial charge in [0.15, 0.2) is 0 Å². The van der Waals surface area contributed by atoms with Crippen molar-refractivity contribution in [2.75, 3.05) is 0 Å². The number of hydrogen-bond acceptors (Lipinski definition) is 3. The van der Waals surface area contributed by atoms with Crippen LogP contribution >= 0.6 is 24.2 Å². The topological polar surface area (TPSA) is 20.3 Å². The zero-order chi connectivity index (χ0) is 17.5. The zero-order valence-electron chi connectivity index (χ0n) is 14.8. The van der Waals surface area contributed by atoms with Gasteiger partial charge in [-0.05, 0) is 53.9 Å². The van der Waals surface area contributed by atoms with Crippen LogP contribution in [0.2, 0.25) is 0 Å². The Morgan fingerprint density at radius 3 is 2.75 bits per heavy atom. The molecule has 1 aliphatic rings. The summed E-state index contributed by atoms with van der Waals surface area (Å²) >= 11 is 6.24. The lowest BCUT2D eigenvalue weighted by molar-refractivity contribution is -0.124. The third-order valence-electron chi connectivity index (χ3n) is 4.98. The molecule has 2 nitrogen and oxygen atoms in total. The van der Waals surface area contributed by atoms with E-state index in [9.17, 15) is 4.79 Å². The second-order valence-electron chi connectivity index (χ2n) is 7.53. The van der Waals surface area contributed by atoms with E-state index < -0.39 is 0 Å². The Balaban J connectivity index is 2.02. The van der Waals surface area contributed by atoms with Crippen LogP contribution in [0.15, 0.2) is 24.3 Å². The summed E-state index contributed by atoms with van der Waals surface area (Å²) in [7, 11) is 0. The van der Waals surface area contributed by atoms with Gasteiger partial charge in [0.25, 0.3) is 0 Å². The summed E-state index contributed by atoms with van der Waals surface area (Å²) in [5.74, 6) is -0.0305. The van der Waals surface area contributed by atoms with Crippen LogP contribution in [0, 0.1) is 12.3 Å². The highest BCUT2D eigenvalue weighted by Crippen LogP contribution is 2.45. The van der Waals surface area contributed by atoms with Crippen LogP contribution in [0.4, 0.5) is 0 Å². The van der Waals surface area contributed by atoms with Gasteiger partial charge in [0.05, 0.1) is 6.54 Å². The molecule has 0 saturated carbocycles. The number of hydrogen-bond donors (Lipinski definition) is 1. The molecule has 128 valence electrons. The van der Waals surface area contributed by atoms with Crippen molar-refractivity contribution in [1.82, 2.24) is 4.31 Å². The lowest BCUT2D eigenvalue weighted by atomic mass is 9.76. The molecule has 3 rings (SSSR count). The molecule has 1 heterocycles. The summed E-state index contributed by atoms with van der Waals surface area (Å²) in [5, 5.41) is 0. The van der Waals surface area contributed by atoms with Gasteiger partial charge in [-0.2, -0.15) is 0 Å². The van der Waals surface area contributed by atoms with E-state index in [0.717, 1.165) is 5.56 Å². The molecule has 1 aromatic carbocycles. The number of carbonyl (C=O) groups is 1. The highest BCUT2D eigenvalue weighted by molar-refractivity contribution is 7.78. The van der Waals surface area contributed by atoms with Gasteiger partial charge in [0.1, 0.15) is 0 Å². The number of thiol groups is 1. The van der Waals surface area contributed by atoms with E-state index in [1.54, 1.807) is 17.4 Å². The summed E-state index contributed by atoms with van der Waals surface area (Å²) in [6, 6.07) is 8.39. The number of rotatable bonds is 3. The summed E-state index contributed by atoms with van der Waals surface area (Å²) < 4.78 is 1.48. The number of carbonyl (C=O) groups excluding carboxylic acids is 1. The fourth-order valence-corrected chi connectivity index (χ4v) is 5.01. The maximum atomic E-state index is 11.5. The first-order valence-electron chi connectivity index (χ1n) is 8.45. The molecule has 1 amide bonds. The first-order chi connectivity index (χ1) is 11.3. The number of nitrogens with zero attached hydrogens (tertiary/aromatic N) is 1. The van der Waals surface area contributed by atoms with Gasteiger partial charge in [-0.1, -0.05) is 50.9 Å². The molecule has 1 aliphatic carbocycles. The summed E-state index contributed by atoms with van der Waals surface area (Å²) in [4.78, 5) is 14.5. The number of aryl methyl sites for hydroxylation is 1. The molecule has 0 saturated heterocycles. The third kappa shape index (κ3) is 3.40. The predicted molar refractivity (Wildman–Crippen MR) is 106 cm³/mol. The van der Waals surface area contributed by atoms with E-state index in [1.807, 2.05) is 17.4 Å². The van der Waals surface area contributed by atoms with Gasteiger partial charge in [-0.25, -0.2) is 0 Å². The molecule has 1 aromatic heterocycles. The van der Waals surface area contributed by atoms with E-state index >= 15 is 0 Å². The van der Waals surface area contributed by atoms with Gasteiger partial charge in [-0.15, -0.1) is 11.3 Å². The fourth-order valence-electron chi connectivity index (χ4n) is 3.47. The van der Waals surface area contributed by atoms with Gasteiger partial charge < -0.3 is 0 Å². The van der Waals surface area contributed by atoms with Crippen LogP contribution in [-0.4, -0.2) is 10.2 Å². The van der Waals surface area contributed by atoms with Crippen LogP contribution in [0.3, 0.4) is 0 Å². The van der Waals surface area contributed by atoms with Gasteiger partial charge >= 0.3 is 0 Å². The Morgan fingerprint density at radius 1 is 1.33 bits per heavy atom. The maximum absolute atomic E-state index is 11.5. The van der Waals surface area contributed by atoms with Crippen LogP contribution in [0.25, 0.3) is 10.4 Å². The third-order valence-corrected chi connectivity index (χ3v) is 6.84. The second-order valence-corrected chi connectivity index (χ2v) is 9.12. The molecule has 4 heteroatoms. The number of fused-ring (bicyclic) bond motifs is 1. The molecule has 0 N–H and O–H groups in total. The highest BCUT2D eigenvalue weighted by atomic mass is 32.1. The molecule has 0 bridgehead atoms. The monoisotopic (exact) mass is 359 g/mol. The predicted octanol–water partition coefficient (Wildman–Crippen LogP) is 5.43. The fraction of sp³-hybridized carbons (Fsp3) is 0.450. The van der Waals surface area contributed by atoms with Gasteiger partial charge in [-0.3, -0.25) is 9.10 Å². The Kier molecular flexibility index (Phi) is 4.80. The molecule has 0 atom stereocenters. The zero-order valence-corrected chi connectivity index (χ0v) is 16.6. The first-order valence-corrected chi connectivity index (χ1v) is 9.66. The number of benzene rings is 1. The largest absolute Gasteiger partial charge is 0.285 e. The van der Waals surface area contributed by atoms with Crippen LogP contribution in [0.1, 0.15) is 48.8 Å². The minimum absolute atomic E-state index is 0.0305. The van der Waals surface area contributed by atoms with Crippen molar-refractivity contribution < 1.29 is 4.79 Å². The Labute approximate surface area is 154 Å². The first kappa shape index (κ1) is 17.6. The highest BCUT2D eigenvalue weighted by Gasteiger charge is 2.29. The molecule has 0 radical (unpaired) electrons. The van der Waals surface area contributed by atoms with Crippen molar-refractivity contribution in [3.05, 3.63) is 45.8 Å². The lowest BCUT2D eigenvalue weighted by Gasteiger charge is -2.29. The minimum Gasteiger partial charge on any atom is -0.285 e. The normalized spacial score (nSPS) is 15.9. The average Bonchev–Trinajstić information content (AvgIpc) is 2.83. The van der Waals surface area contributed by atoms with E-state index in [1.165, 1.54) is 39.6 Å². The standard InChI is InChI=1S/C20H25NOS2/c1-13-17-11-20(3,4)10-9-18(17)24-19(13)16-8-6-5-7-15(16)12-21(23)14(2)22/h5-8,23H,9-12H2,1-4H3. The molecule has 0 aliphatic heterocycles. The van der Waals surface area contributed by atoms with Gasteiger partial charge in [0, 0.05) is 16.7 Å². The van der Waals surface area contributed by atoms with Crippen molar-refractivity contribution in [2.24, 2.45) is 5.41 Å². The number of thiophene rings is 1. The van der Waals surface area contributed by atoms with Crippen LogP contribution in [0.5, 0.6) is 0 Å². The summed E-state index contributed by atoms with van der Waals surface area (Å²) in [5.41, 5.74) is 5.77. The van der Waals surface area contributed by atoms with Crippen molar-refractivity contribution >= 4 is 30.1 Å². The molecule has 0 unspecified atom stereocenters. The summed E-state index contributed by atoms with van der Waals surface area (Å²) in [6.45, 7) is 9.07. The van der Waals surface area contributed by atoms with Crippen molar-refractivity contribution in [2.45, 2.75) is 53.5 Å². The van der Waals surface area contributed by atoms with Gasteiger partial charge in [0.2, 0.25) is 5.91 Å². The molecular weight excluding hydrogens is 334 g/mol. The van der Waals surface area contributed by atoms with E-state index in [4.69, 9.17) is 0 Å². The smallest absolute Gasteiger partial charge is 0.229 e. The Bertz CT molecular complexity index is 776. The number of amides is 1. The maximum Gasteiger partial charge on any atom is 0.229 e. The van der Waals surface area contributed by atoms with Crippen LogP contribution in [-0.2, 0) is 24.2 Å². The molecule has 0 spiro atoms.